The lowest BCUT2D eigenvalue weighted by molar-refractivity contribution is -0.164. The van der Waals surface area contributed by atoms with Gasteiger partial charge in [0.2, 0.25) is 0 Å². The molecule has 6 heteroatoms. The summed E-state index contributed by atoms with van der Waals surface area (Å²) in [5.74, 6) is -2.32. The number of hydrogen-bond acceptors (Lipinski definition) is 4. The highest BCUT2D eigenvalue weighted by molar-refractivity contribution is 5.81. The van der Waals surface area contributed by atoms with Gasteiger partial charge in [-0.2, -0.15) is 4.39 Å². The highest BCUT2D eigenvalue weighted by atomic mass is 19.2. The Labute approximate surface area is 95.2 Å². The van der Waals surface area contributed by atoms with E-state index in [-0.39, 0.29) is 28.5 Å². The maximum Gasteiger partial charge on any atom is 0.296 e. The standard InChI is InChI=1S/C11H9FN2O3/c1-11(12,17-6-15)8-4-2-3-7-9(8)13-5-14-10(7)16/h2-6H,1H3,(H,13,14,16). The van der Waals surface area contributed by atoms with E-state index in [0.29, 0.717) is 0 Å². The highest BCUT2D eigenvalue weighted by Gasteiger charge is 2.30. The van der Waals surface area contributed by atoms with Gasteiger partial charge in [0, 0.05) is 6.92 Å². The van der Waals surface area contributed by atoms with Crippen LogP contribution in [-0.4, -0.2) is 16.4 Å². The molecule has 5 nitrogen and oxygen atoms in total. The number of alkyl halides is 1. The van der Waals surface area contributed by atoms with Crippen LogP contribution in [0.2, 0.25) is 0 Å². The lowest BCUT2D eigenvalue weighted by Crippen LogP contribution is -2.21. The third-order valence-corrected chi connectivity index (χ3v) is 2.42. The molecule has 2 aromatic rings. The monoisotopic (exact) mass is 236 g/mol. The van der Waals surface area contributed by atoms with E-state index >= 15 is 0 Å². The number of carbonyl (C=O) groups is 1. The third kappa shape index (κ3) is 1.89. The largest absolute Gasteiger partial charge is 0.427 e. The number of aromatic amines is 1. The zero-order valence-electron chi connectivity index (χ0n) is 8.94. The molecule has 0 spiro atoms. The molecule has 0 aliphatic heterocycles. The normalized spacial score (nSPS) is 14.2. The first-order valence-electron chi connectivity index (χ1n) is 4.83. The Morgan fingerprint density at radius 1 is 1.53 bits per heavy atom. The van der Waals surface area contributed by atoms with E-state index in [4.69, 9.17) is 0 Å². The minimum Gasteiger partial charge on any atom is -0.427 e. The highest BCUT2D eigenvalue weighted by Crippen LogP contribution is 2.30. The molecule has 88 valence electrons. The summed E-state index contributed by atoms with van der Waals surface area (Å²) in [6.07, 6.45) is 1.17. The average Bonchev–Trinajstić information content (AvgIpc) is 2.29. The summed E-state index contributed by atoms with van der Waals surface area (Å²) in [5.41, 5.74) is -0.171. The molecule has 1 heterocycles. The van der Waals surface area contributed by atoms with Crippen LogP contribution in [0.25, 0.3) is 10.9 Å². The van der Waals surface area contributed by atoms with Crippen LogP contribution in [0.1, 0.15) is 12.5 Å². The van der Waals surface area contributed by atoms with Crippen LogP contribution >= 0.6 is 0 Å². The van der Waals surface area contributed by atoms with E-state index in [9.17, 15) is 14.0 Å². The molecule has 0 radical (unpaired) electrons. The van der Waals surface area contributed by atoms with Gasteiger partial charge in [0.1, 0.15) is 0 Å². The number of nitrogens with zero attached hydrogens (tertiary/aromatic N) is 1. The van der Waals surface area contributed by atoms with Crippen LogP contribution in [0.3, 0.4) is 0 Å². The Hall–Kier alpha value is -2.24. The number of nitrogens with one attached hydrogen (secondary N) is 1. The number of ether oxygens (including phenoxy) is 1. The summed E-state index contributed by atoms with van der Waals surface area (Å²) in [4.78, 5) is 28.0. The minimum absolute atomic E-state index is 0.0198. The first-order chi connectivity index (χ1) is 8.06. The van der Waals surface area contributed by atoms with Crippen molar-refractivity contribution in [3.05, 3.63) is 40.4 Å². The lowest BCUT2D eigenvalue weighted by Gasteiger charge is -2.19. The van der Waals surface area contributed by atoms with Gasteiger partial charge in [0.05, 0.1) is 22.8 Å². The summed E-state index contributed by atoms with van der Waals surface area (Å²) in [6, 6.07) is 4.43. The Morgan fingerprint density at radius 3 is 3.00 bits per heavy atom. The second kappa shape index (κ2) is 3.97. The van der Waals surface area contributed by atoms with Crippen LogP contribution in [-0.2, 0) is 15.4 Å². The zero-order valence-corrected chi connectivity index (χ0v) is 8.94. The maximum absolute atomic E-state index is 14.1. The van der Waals surface area contributed by atoms with Gasteiger partial charge in [-0.3, -0.25) is 9.59 Å². The predicted molar refractivity (Wildman–Crippen MR) is 58.0 cm³/mol. The summed E-state index contributed by atoms with van der Waals surface area (Å²) in [6.45, 7) is 1.10. The number of aromatic nitrogens is 2. The molecular weight excluding hydrogens is 227 g/mol. The van der Waals surface area contributed by atoms with Gasteiger partial charge in [-0.15, -0.1) is 0 Å². The second-order valence-corrected chi connectivity index (χ2v) is 3.56. The Morgan fingerprint density at radius 2 is 2.29 bits per heavy atom. The second-order valence-electron chi connectivity index (χ2n) is 3.56. The van der Waals surface area contributed by atoms with E-state index in [2.05, 4.69) is 14.7 Å². The molecule has 0 aliphatic rings. The van der Waals surface area contributed by atoms with Crippen molar-refractivity contribution in [3.63, 3.8) is 0 Å². The molecule has 1 aromatic carbocycles. The van der Waals surface area contributed by atoms with Crippen molar-refractivity contribution in [2.75, 3.05) is 0 Å². The fourth-order valence-electron chi connectivity index (χ4n) is 1.61. The van der Waals surface area contributed by atoms with Crippen molar-refractivity contribution < 1.29 is 13.9 Å². The fourth-order valence-corrected chi connectivity index (χ4v) is 1.61. The van der Waals surface area contributed by atoms with Crippen LogP contribution in [0, 0.1) is 0 Å². The summed E-state index contributed by atoms with van der Waals surface area (Å²) >= 11 is 0. The minimum atomic E-state index is -2.32. The van der Waals surface area contributed by atoms with Gasteiger partial charge in [-0.05, 0) is 12.1 Å². The Kier molecular flexibility index (Phi) is 2.63. The van der Waals surface area contributed by atoms with Crippen LogP contribution in [0.15, 0.2) is 29.3 Å². The number of benzene rings is 1. The van der Waals surface area contributed by atoms with Gasteiger partial charge >= 0.3 is 0 Å². The molecule has 0 saturated heterocycles. The number of H-pyrrole nitrogens is 1. The number of rotatable bonds is 3. The van der Waals surface area contributed by atoms with Gasteiger partial charge < -0.3 is 9.72 Å². The molecule has 1 N–H and O–H groups in total. The average molecular weight is 236 g/mol. The van der Waals surface area contributed by atoms with Gasteiger partial charge in [0.15, 0.2) is 0 Å². The topological polar surface area (TPSA) is 72.1 Å². The number of halogens is 1. The van der Waals surface area contributed by atoms with Gasteiger partial charge in [-0.1, -0.05) is 6.07 Å². The smallest absolute Gasteiger partial charge is 0.296 e. The first-order valence-corrected chi connectivity index (χ1v) is 4.83. The Balaban J connectivity index is 2.75. The third-order valence-electron chi connectivity index (χ3n) is 2.42. The van der Waals surface area contributed by atoms with Crippen molar-refractivity contribution >= 4 is 17.4 Å². The maximum atomic E-state index is 14.1. The molecule has 17 heavy (non-hydrogen) atoms. The number of carbonyl (C=O) groups excluding carboxylic acids is 1. The number of hydrogen-bond donors (Lipinski definition) is 1. The van der Waals surface area contributed by atoms with E-state index in [1.165, 1.54) is 24.5 Å². The van der Waals surface area contributed by atoms with E-state index in [0.717, 1.165) is 6.92 Å². The summed E-state index contributed by atoms with van der Waals surface area (Å²) in [5, 5.41) is 0.239. The molecular formula is C11H9FN2O3. The molecule has 1 aromatic heterocycles. The van der Waals surface area contributed by atoms with Gasteiger partial charge in [-0.25, -0.2) is 4.98 Å². The van der Waals surface area contributed by atoms with Gasteiger partial charge in [0.25, 0.3) is 17.9 Å². The predicted octanol–water partition coefficient (Wildman–Crippen LogP) is 1.24. The molecule has 0 aliphatic carbocycles. The number of para-hydroxylation sites is 1. The van der Waals surface area contributed by atoms with E-state index in [1.54, 1.807) is 0 Å². The van der Waals surface area contributed by atoms with Crippen molar-refractivity contribution in [2.45, 2.75) is 12.8 Å². The fraction of sp³-hybridized carbons (Fsp3) is 0.182. The molecule has 0 fully saturated rings. The first kappa shape index (κ1) is 11.3. The van der Waals surface area contributed by atoms with Crippen LogP contribution in [0.4, 0.5) is 4.39 Å². The van der Waals surface area contributed by atoms with Crippen molar-refractivity contribution in [1.82, 2.24) is 9.97 Å². The Bertz CT molecular complexity index is 621. The van der Waals surface area contributed by atoms with Crippen molar-refractivity contribution in [1.29, 1.82) is 0 Å². The molecule has 0 saturated carbocycles. The van der Waals surface area contributed by atoms with Crippen molar-refractivity contribution in [2.24, 2.45) is 0 Å². The van der Waals surface area contributed by atoms with Crippen LogP contribution in [0.5, 0.6) is 0 Å². The molecule has 1 atom stereocenters. The summed E-state index contributed by atoms with van der Waals surface area (Å²) in [7, 11) is 0. The van der Waals surface area contributed by atoms with Crippen LogP contribution < -0.4 is 5.56 Å². The lowest BCUT2D eigenvalue weighted by atomic mass is 10.1. The molecule has 1 unspecified atom stereocenters. The zero-order chi connectivity index (χ0) is 12.5. The number of fused-ring (bicyclic) bond motifs is 1. The molecule has 0 amide bonds. The molecule has 2 rings (SSSR count). The van der Waals surface area contributed by atoms with E-state index in [1.807, 2.05) is 0 Å². The van der Waals surface area contributed by atoms with Crippen molar-refractivity contribution in [3.8, 4) is 0 Å². The quantitative estimate of drug-likeness (QED) is 0.814. The molecule has 0 bridgehead atoms. The summed E-state index contributed by atoms with van der Waals surface area (Å²) < 4.78 is 18.4. The van der Waals surface area contributed by atoms with E-state index < -0.39 is 5.85 Å². The SMILES string of the molecule is CC(F)(OC=O)c1cccc2c(=O)[nH]cnc12.